The van der Waals surface area contributed by atoms with Gasteiger partial charge in [0.15, 0.2) is 0 Å². The summed E-state index contributed by atoms with van der Waals surface area (Å²) in [5.74, 6) is 0.669. The maximum atomic E-state index is 13.9. The summed E-state index contributed by atoms with van der Waals surface area (Å²) in [6.45, 7) is 6.39. The molecule has 4 atom stereocenters. The van der Waals surface area contributed by atoms with Gasteiger partial charge in [-0.3, -0.25) is 14.6 Å². The summed E-state index contributed by atoms with van der Waals surface area (Å²) in [6, 6.07) is 16.5. The average Bonchev–Trinajstić information content (AvgIpc) is 3.13. The highest BCUT2D eigenvalue weighted by atomic mass is 16.5. The topological polar surface area (TPSA) is 73.3 Å². The molecule has 202 valence electrons. The van der Waals surface area contributed by atoms with Gasteiger partial charge in [0, 0.05) is 31.1 Å². The number of benzene rings is 2. The number of amides is 3. The summed E-state index contributed by atoms with van der Waals surface area (Å²) in [4.78, 5) is 32.9. The number of rotatable bonds is 6. The Labute approximate surface area is 225 Å². The van der Waals surface area contributed by atoms with Crippen LogP contribution in [0.15, 0.2) is 48.5 Å². The average molecular weight is 518 g/mol. The summed E-state index contributed by atoms with van der Waals surface area (Å²) in [7, 11) is 1.67. The molecule has 1 spiro atoms. The summed E-state index contributed by atoms with van der Waals surface area (Å²) in [6.07, 6.45) is 3.87. The van der Waals surface area contributed by atoms with Crippen molar-refractivity contribution in [1.29, 1.82) is 0 Å². The van der Waals surface area contributed by atoms with E-state index in [-0.39, 0.29) is 18.0 Å². The minimum atomic E-state index is -0.991. The zero-order valence-corrected chi connectivity index (χ0v) is 22.8. The van der Waals surface area contributed by atoms with Crippen molar-refractivity contribution < 1.29 is 19.4 Å². The van der Waals surface area contributed by atoms with E-state index in [0.29, 0.717) is 32.4 Å². The Morgan fingerprint density at radius 1 is 1.03 bits per heavy atom. The first-order valence-electron chi connectivity index (χ1n) is 14.1. The number of imide groups is 1. The molecule has 0 radical (unpaired) electrons. The number of carbonyl (C=O) groups is 2. The Kier molecular flexibility index (Phi) is 6.07. The molecule has 2 saturated heterocycles. The van der Waals surface area contributed by atoms with Crippen molar-refractivity contribution >= 4 is 11.9 Å². The number of fused-ring (bicyclic) bond motifs is 1. The maximum absolute atomic E-state index is 13.9. The Hall–Kier alpha value is -2.90. The number of hydrogen-bond acceptors (Lipinski definition) is 5. The first-order valence-corrected chi connectivity index (χ1v) is 14.1. The summed E-state index contributed by atoms with van der Waals surface area (Å²) in [5, 5.41) is 12.8. The summed E-state index contributed by atoms with van der Waals surface area (Å²) in [5.41, 5.74) is 1.08. The molecule has 2 aliphatic carbocycles. The van der Waals surface area contributed by atoms with E-state index in [0.717, 1.165) is 43.7 Å². The molecule has 2 aliphatic heterocycles. The fourth-order valence-electron chi connectivity index (χ4n) is 8.33. The monoisotopic (exact) mass is 517 g/mol. The lowest BCUT2D eigenvalue weighted by molar-refractivity contribution is -0.188. The van der Waals surface area contributed by atoms with Gasteiger partial charge in [-0.25, -0.2) is 4.79 Å². The Balaban J connectivity index is 1.44. The van der Waals surface area contributed by atoms with Crippen molar-refractivity contribution in [3.8, 4) is 5.75 Å². The zero-order chi connectivity index (χ0) is 26.7. The molecule has 2 bridgehead atoms. The molecule has 7 nitrogen and oxygen atoms in total. The van der Waals surface area contributed by atoms with Crippen molar-refractivity contribution in [2.75, 3.05) is 33.3 Å². The SMILES string of the molecule is CCN1C(=O)N(CC)C2(CCC3(O)C4Cc5ccc(OC)cc5C3(CCN4CCc3ccccc3)C2)C1=O. The normalized spacial score (nSPS) is 32.5. The van der Waals surface area contributed by atoms with E-state index in [1.165, 1.54) is 16.0 Å². The Morgan fingerprint density at radius 3 is 2.53 bits per heavy atom. The van der Waals surface area contributed by atoms with Crippen LogP contribution in [0.1, 0.15) is 56.2 Å². The van der Waals surface area contributed by atoms with Crippen molar-refractivity contribution in [1.82, 2.24) is 14.7 Å². The van der Waals surface area contributed by atoms with E-state index in [2.05, 4.69) is 41.3 Å². The number of likely N-dealkylation sites (tertiary alicyclic amines) is 1. The molecule has 2 aromatic rings. The number of piperidine rings is 1. The van der Waals surface area contributed by atoms with Gasteiger partial charge in [-0.2, -0.15) is 0 Å². The lowest BCUT2D eigenvalue weighted by Crippen LogP contribution is -2.76. The zero-order valence-electron chi connectivity index (χ0n) is 22.8. The predicted octanol–water partition coefficient (Wildman–Crippen LogP) is 3.76. The lowest BCUT2D eigenvalue weighted by atomic mass is 9.46. The number of hydrogen-bond donors (Lipinski definition) is 1. The minimum absolute atomic E-state index is 0.0391. The van der Waals surface area contributed by atoms with Gasteiger partial charge in [0.05, 0.1) is 12.7 Å². The molecule has 3 fully saturated rings. The van der Waals surface area contributed by atoms with Crippen LogP contribution in [0.25, 0.3) is 0 Å². The van der Waals surface area contributed by atoms with Gasteiger partial charge in [0.2, 0.25) is 0 Å². The third-order valence-corrected chi connectivity index (χ3v) is 10.2. The highest BCUT2D eigenvalue weighted by molar-refractivity contribution is 6.07. The van der Waals surface area contributed by atoms with Crippen LogP contribution in [-0.2, 0) is 23.1 Å². The second-order valence-electron chi connectivity index (χ2n) is 11.6. The van der Waals surface area contributed by atoms with Crippen LogP contribution in [0.5, 0.6) is 5.75 Å². The number of aliphatic hydroxyl groups is 1. The van der Waals surface area contributed by atoms with Crippen LogP contribution in [-0.4, -0.2) is 82.2 Å². The largest absolute Gasteiger partial charge is 0.497 e. The summed E-state index contributed by atoms with van der Waals surface area (Å²) >= 11 is 0. The quantitative estimate of drug-likeness (QED) is 0.591. The molecule has 38 heavy (non-hydrogen) atoms. The van der Waals surface area contributed by atoms with E-state index in [1.807, 2.05) is 26.0 Å². The van der Waals surface area contributed by atoms with Crippen molar-refractivity contribution in [3.05, 3.63) is 65.2 Å². The van der Waals surface area contributed by atoms with E-state index >= 15 is 0 Å². The van der Waals surface area contributed by atoms with Gasteiger partial charge in [-0.15, -0.1) is 0 Å². The molecule has 7 heteroatoms. The fraction of sp³-hybridized carbons (Fsp3) is 0.548. The Bertz CT molecular complexity index is 1250. The van der Waals surface area contributed by atoms with Crippen LogP contribution in [0.3, 0.4) is 0 Å². The van der Waals surface area contributed by atoms with Gasteiger partial charge in [0.1, 0.15) is 11.3 Å². The summed E-state index contributed by atoms with van der Waals surface area (Å²) < 4.78 is 5.64. The number of carbonyl (C=O) groups excluding carboxylic acids is 2. The van der Waals surface area contributed by atoms with Gasteiger partial charge in [-0.05, 0) is 87.7 Å². The molecular weight excluding hydrogens is 478 g/mol. The Morgan fingerprint density at radius 2 is 1.82 bits per heavy atom. The predicted molar refractivity (Wildman–Crippen MR) is 145 cm³/mol. The van der Waals surface area contributed by atoms with Crippen LogP contribution >= 0.6 is 0 Å². The second kappa shape index (κ2) is 9.09. The number of likely N-dealkylation sites (N-methyl/N-ethyl adjacent to an activating group) is 2. The molecule has 6 rings (SSSR count). The fourth-order valence-corrected chi connectivity index (χ4v) is 8.33. The first kappa shape index (κ1) is 25.4. The third-order valence-electron chi connectivity index (χ3n) is 10.2. The second-order valence-corrected chi connectivity index (χ2v) is 11.6. The number of nitrogens with zero attached hydrogens (tertiary/aromatic N) is 3. The maximum Gasteiger partial charge on any atom is 0.327 e. The molecule has 1 N–H and O–H groups in total. The smallest absolute Gasteiger partial charge is 0.327 e. The molecular formula is C31H39N3O4. The third kappa shape index (κ3) is 3.34. The molecule has 2 heterocycles. The molecule has 3 amide bonds. The van der Waals surface area contributed by atoms with Crippen LogP contribution in [0.4, 0.5) is 4.79 Å². The van der Waals surface area contributed by atoms with Crippen molar-refractivity contribution in [3.63, 3.8) is 0 Å². The number of ether oxygens (including phenoxy) is 1. The van der Waals surface area contributed by atoms with Crippen LogP contribution in [0.2, 0.25) is 0 Å². The van der Waals surface area contributed by atoms with Gasteiger partial charge < -0.3 is 14.7 Å². The molecule has 4 unspecified atom stereocenters. The molecule has 4 aliphatic rings. The van der Waals surface area contributed by atoms with E-state index in [4.69, 9.17) is 4.74 Å². The van der Waals surface area contributed by atoms with E-state index in [9.17, 15) is 14.7 Å². The van der Waals surface area contributed by atoms with E-state index in [1.54, 1.807) is 12.0 Å². The van der Waals surface area contributed by atoms with E-state index < -0.39 is 16.6 Å². The van der Waals surface area contributed by atoms with Gasteiger partial charge in [-0.1, -0.05) is 36.4 Å². The molecule has 2 aromatic carbocycles. The standard InChI is InChI=1S/C31H39N3O4/c1-4-33-27(35)30(34(5-2)28(33)36)14-15-31(37)26-19-23-11-12-24(38-3)20-25(23)29(31,21-30)16-18-32(26)17-13-22-9-7-6-8-10-22/h6-12,20,26,37H,4-5,13-19,21H2,1-3H3. The highest BCUT2D eigenvalue weighted by Crippen LogP contribution is 2.62. The highest BCUT2D eigenvalue weighted by Gasteiger charge is 2.71. The minimum Gasteiger partial charge on any atom is -0.497 e. The van der Waals surface area contributed by atoms with Gasteiger partial charge >= 0.3 is 6.03 Å². The van der Waals surface area contributed by atoms with Gasteiger partial charge in [0.25, 0.3) is 5.91 Å². The number of methoxy groups -OCH3 is 1. The van der Waals surface area contributed by atoms with Crippen molar-refractivity contribution in [2.45, 2.75) is 75.0 Å². The lowest BCUT2D eigenvalue weighted by Gasteiger charge is -2.66. The molecule has 1 saturated carbocycles. The van der Waals surface area contributed by atoms with Crippen LogP contribution < -0.4 is 4.74 Å². The molecule has 0 aromatic heterocycles. The number of urea groups is 1. The van der Waals surface area contributed by atoms with Crippen LogP contribution in [0, 0.1) is 0 Å². The first-order chi connectivity index (χ1) is 18.3. The van der Waals surface area contributed by atoms with Crippen molar-refractivity contribution in [2.24, 2.45) is 0 Å².